The summed E-state index contributed by atoms with van der Waals surface area (Å²) in [7, 11) is 0. The molecular formula is C16H31NO4. The molecule has 1 fully saturated rings. The van der Waals surface area contributed by atoms with E-state index in [2.05, 4.69) is 27.4 Å². The van der Waals surface area contributed by atoms with Gasteiger partial charge in [0.25, 0.3) is 0 Å². The Labute approximate surface area is 128 Å². The molecule has 1 aliphatic carbocycles. The van der Waals surface area contributed by atoms with Crippen molar-refractivity contribution in [3.8, 4) is 0 Å². The van der Waals surface area contributed by atoms with Gasteiger partial charge < -0.3 is 15.5 Å². The molecule has 3 N–H and O–H groups in total. The minimum absolute atomic E-state index is 0.546. The molecule has 1 aliphatic rings. The van der Waals surface area contributed by atoms with Crippen molar-refractivity contribution in [3.05, 3.63) is 12.7 Å². The Morgan fingerprint density at radius 1 is 1.24 bits per heavy atom. The second kappa shape index (κ2) is 14.9. The van der Waals surface area contributed by atoms with Crippen LogP contribution in [0.15, 0.2) is 12.7 Å². The Bertz CT molecular complexity index is 267. The van der Waals surface area contributed by atoms with E-state index in [0.29, 0.717) is 0 Å². The summed E-state index contributed by atoms with van der Waals surface area (Å²) >= 11 is 0. The Morgan fingerprint density at radius 3 is 2.00 bits per heavy atom. The second-order valence-electron chi connectivity index (χ2n) is 5.80. The van der Waals surface area contributed by atoms with E-state index in [1.165, 1.54) is 38.5 Å². The molecule has 21 heavy (non-hydrogen) atoms. The Kier molecular flexibility index (Phi) is 15.4. The van der Waals surface area contributed by atoms with E-state index in [-0.39, 0.29) is 0 Å². The lowest BCUT2D eigenvalue weighted by Crippen LogP contribution is -2.27. The van der Waals surface area contributed by atoms with Gasteiger partial charge in [-0.05, 0) is 24.7 Å². The quantitative estimate of drug-likeness (QED) is 0.666. The summed E-state index contributed by atoms with van der Waals surface area (Å²) in [5, 5.41) is 17.3. The number of carbonyl (C=O) groups is 2. The van der Waals surface area contributed by atoms with Crippen LogP contribution in [0.25, 0.3) is 0 Å². The Hall–Kier alpha value is -1.52. The van der Waals surface area contributed by atoms with E-state index < -0.39 is 18.6 Å². The van der Waals surface area contributed by atoms with E-state index in [1.54, 1.807) is 5.32 Å². The third-order valence-corrected chi connectivity index (χ3v) is 2.64. The zero-order valence-electron chi connectivity index (χ0n) is 13.6. The van der Waals surface area contributed by atoms with Gasteiger partial charge in [-0.15, -0.1) is 6.58 Å². The standard InChI is InChI=1S/C9H16.C4H10.C3H5NO4/c1-2-3-6-9-7-4-5-8-9;1-4(2)3;5-2(6)1-4-3(7)8/h2,9H,1,3-8H2;4H,1-3H3;4H,1H2,(H,5,6)(H,7,8). The van der Waals surface area contributed by atoms with Crippen molar-refractivity contribution < 1.29 is 19.8 Å². The van der Waals surface area contributed by atoms with Crippen molar-refractivity contribution in [2.75, 3.05) is 6.54 Å². The molecule has 1 saturated carbocycles. The summed E-state index contributed by atoms with van der Waals surface area (Å²) in [6, 6.07) is 0. The van der Waals surface area contributed by atoms with Crippen LogP contribution < -0.4 is 5.32 Å². The highest BCUT2D eigenvalue weighted by Crippen LogP contribution is 2.28. The van der Waals surface area contributed by atoms with Gasteiger partial charge in [-0.2, -0.15) is 0 Å². The molecule has 0 spiro atoms. The number of nitrogens with one attached hydrogen (secondary N) is 1. The molecule has 1 rings (SSSR count). The molecule has 124 valence electrons. The first-order chi connectivity index (χ1) is 9.79. The van der Waals surface area contributed by atoms with Gasteiger partial charge in [0.1, 0.15) is 6.54 Å². The Morgan fingerprint density at radius 2 is 1.71 bits per heavy atom. The molecule has 0 aromatic rings. The van der Waals surface area contributed by atoms with Crippen molar-refractivity contribution in [2.45, 2.75) is 59.3 Å². The van der Waals surface area contributed by atoms with Crippen LogP contribution in [0.3, 0.4) is 0 Å². The number of rotatable bonds is 5. The first-order valence-electron chi connectivity index (χ1n) is 7.59. The molecule has 5 nitrogen and oxygen atoms in total. The summed E-state index contributed by atoms with van der Waals surface area (Å²) in [5.74, 6) is 0.690. The third-order valence-electron chi connectivity index (χ3n) is 2.64. The number of aliphatic carboxylic acids is 1. The smallest absolute Gasteiger partial charge is 0.405 e. The van der Waals surface area contributed by atoms with Crippen LogP contribution in [0.1, 0.15) is 59.3 Å². The number of allylic oxidation sites excluding steroid dienone is 1. The minimum atomic E-state index is -1.33. The fourth-order valence-electron chi connectivity index (χ4n) is 1.80. The van der Waals surface area contributed by atoms with E-state index in [0.717, 1.165) is 11.8 Å². The van der Waals surface area contributed by atoms with Gasteiger partial charge in [0, 0.05) is 0 Å². The molecule has 5 heteroatoms. The van der Waals surface area contributed by atoms with E-state index in [9.17, 15) is 9.59 Å². The van der Waals surface area contributed by atoms with Gasteiger partial charge in [-0.3, -0.25) is 4.79 Å². The lowest BCUT2D eigenvalue weighted by atomic mass is 10.0. The highest BCUT2D eigenvalue weighted by Gasteiger charge is 2.12. The Balaban J connectivity index is 0. The molecule has 0 heterocycles. The predicted octanol–water partition coefficient (Wildman–Crippen LogP) is 4.14. The highest BCUT2D eigenvalue weighted by atomic mass is 16.4. The molecule has 0 saturated heterocycles. The topological polar surface area (TPSA) is 86.6 Å². The van der Waals surface area contributed by atoms with Crippen LogP contribution in [0.5, 0.6) is 0 Å². The molecule has 1 amide bonds. The molecule has 0 aliphatic heterocycles. The van der Waals surface area contributed by atoms with Gasteiger partial charge in [0.2, 0.25) is 0 Å². The highest BCUT2D eigenvalue weighted by molar-refractivity contribution is 5.75. The zero-order chi connectivity index (χ0) is 16.7. The van der Waals surface area contributed by atoms with E-state index in [4.69, 9.17) is 10.2 Å². The van der Waals surface area contributed by atoms with Gasteiger partial charge in [0.05, 0.1) is 0 Å². The van der Waals surface area contributed by atoms with Crippen molar-refractivity contribution in [1.29, 1.82) is 0 Å². The van der Waals surface area contributed by atoms with Crippen molar-refractivity contribution >= 4 is 12.1 Å². The van der Waals surface area contributed by atoms with Crippen LogP contribution in [-0.2, 0) is 4.79 Å². The molecule has 0 aromatic heterocycles. The van der Waals surface area contributed by atoms with E-state index >= 15 is 0 Å². The second-order valence-corrected chi connectivity index (χ2v) is 5.80. The lowest BCUT2D eigenvalue weighted by molar-refractivity contribution is -0.135. The number of carboxylic acids is 1. The summed E-state index contributed by atoms with van der Waals surface area (Å²) < 4.78 is 0. The average molecular weight is 301 g/mol. The van der Waals surface area contributed by atoms with Crippen molar-refractivity contribution in [1.82, 2.24) is 5.32 Å². The number of amides is 1. The van der Waals surface area contributed by atoms with Crippen LogP contribution in [-0.4, -0.2) is 28.8 Å². The summed E-state index contributed by atoms with van der Waals surface area (Å²) in [6.45, 7) is 9.68. The maximum Gasteiger partial charge on any atom is 0.405 e. The summed E-state index contributed by atoms with van der Waals surface area (Å²) in [4.78, 5) is 19.1. The maximum absolute atomic E-state index is 9.58. The van der Waals surface area contributed by atoms with Crippen molar-refractivity contribution in [2.24, 2.45) is 11.8 Å². The molecule has 0 atom stereocenters. The molecule has 0 radical (unpaired) electrons. The van der Waals surface area contributed by atoms with Gasteiger partial charge in [-0.25, -0.2) is 4.79 Å². The maximum atomic E-state index is 9.58. The van der Waals surface area contributed by atoms with E-state index in [1.807, 2.05) is 6.08 Å². The molecule has 0 unspecified atom stereocenters. The first kappa shape index (κ1) is 21.8. The average Bonchev–Trinajstić information content (AvgIpc) is 2.87. The normalized spacial score (nSPS) is 13.5. The molecule has 0 bridgehead atoms. The fraction of sp³-hybridized carbons (Fsp3) is 0.750. The van der Waals surface area contributed by atoms with Gasteiger partial charge in [-0.1, -0.05) is 52.5 Å². The van der Waals surface area contributed by atoms with Crippen LogP contribution in [0.4, 0.5) is 4.79 Å². The summed E-state index contributed by atoms with van der Waals surface area (Å²) in [5.41, 5.74) is 0. The first-order valence-corrected chi connectivity index (χ1v) is 7.59. The third kappa shape index (κ3) is 23.9. The number of carboxylic acid groups (broad SMARTS) is 2. The van der Waals surface area contributed by atoms with Crippen LogP contribution >= 0.6 is 0 Å². The zero-order valence-corrected chi connectivity index (χ0v) is 13.6. The largest absolute Gasteiger partial charge is 0.480 e. The lowest BCUT2D eigenvalue weighted by Gasteiger charge is -2.03. The molecular weight excluding hydrogens is 270 g/mol. The predicted molar refractivity (Wildman–Crippen MR) is 85.6 cm³/mol. The van der Waals surface area contributed by atoms with Gasteiger partial charge >= 0.3 is 12.1 Å². The minimum Gasteiger partial charge on any atom is -0.480 e. The van der Waals surface area contributed by atoms with Gasteiger partial charge in [0.15, 0.2) is 0 Å². The number of hydrogen-bond acceptors (Lipinski definition) is 2. The molecule has 0 aromatic carbocycles. The van der Waals surface area contributed by atoms with Crippen molar-refractivity contribution in [3.63, 3.8) is 0 Å². The SMILES string of the molecule is C=CCCC1CCCC1.CC(C)C.O=C(O)CNC(=O)O. The van der Waals surface area contributed by atoms with Crippen LogP contribution in [0, 0.1) is 11.8 Å². The fourth-order valence-corrected chi connectivity index (χ4v) is 1.80. The monoisotopic (exact) mass is 301 g/mol. The number of hydrogen-bond donors (Lipinski definition) is 3. The van der Waals surface area contributed by atoms with Crippen LogP contribution in [0.2, 0.25) is 0 Å². The summed E-state index contributed by atoms with van der Waals surface area (Å²) in [6.07, 6.45) is 9.24.